The van der Waals surface area contributed by atoms with Crippen molar-refractivity contribution >= 4 is 27.8 Å². The van der Waals surface area contributed by atoms with E-state index in [1.165, 1.54) is 11.3 Å². The zero-order chi connectivity index (χ0) is 19.3. The van der Waals surface area contributed by atoms with E-state index in [1.54, 1.807) is 7.11 Å². The number of anilines is 2. The van der Waals surface area contributed by atoms with Crippen LogP contribution in [-0.4, -0.2) is 12.9 Å². The molecule has 0 amide bonds. The molecule has 1 aliphatic heterocycles. The van der Waals surface area contributed by atoms with E-state index < -0.39 is 0 Å². The fourth-order valence-electron chi connectivity index (χ4n) is 4.11. The van der Waals surface area contributed by atoms with Gasteiger partial charge in [0, 0.05) is 29.2 Å². The monoisotopic (exact) mass is 379 g/mol. The third kappa shape index (κ3) is 2.79. The Kier molecular flexibility index (Phi) is 4.01. The Morgan fingerprint density at radius 2 is 2.00 bits per heavy atom. The van der Waals surface area contributed by atoms with Crippen LogP contribution in [0.15, 0.2) is 35.5 Å². The van der Waals surface area contributed by atoms with Crippen molar-refractivity contribution in [3.8, 4) is 11.8 Å². The van der Waals surface area contributed by atoms with Gasteiger partial charge in [0.25, 0.3) is 0 Å². The fraction of sp³-hybridized carbons (Fsp3) is 0.333. The van der Waals surface area contributed by atoms with E-state index in [-0.39, 0.29) is 17.1 Å². The van der Waals surface area contributed by atoms with Gasteiger partial charge in [0.05, 0.1) is 12.8 Å². The van der Waals surface area contributed by atoms with E-state index >= 15 is 0 Å². The summed E-state index contributed by atoms with van der Waals surface area (Å²) < 4.78 is 5.27. The number of thiophene rings is 1. The maximum Gasteiger partial charge on any atom is 0.162 e. The molecule has 0 bridgehead atoms. The highest BCUT2D eigenvalue weighted by Gasteiger charge is 2.42. The first-order chi connectivity index (χ1) is 12.8. The van der Waals surface area contributed by atoms with Gasteiger partial charge in [-0.2, -0.15) is 5.26 Å². The molecule has 5 nitrogen and oxygen atoms in total. The van der Waals surface area contributed by atoms with Crippen LogP contribution in [0.4, 0.5) is 10.7 Å². The Hall–Kier alpha value is -2.78. The molecule has 1 aromatic heterocycles. The molecular weight excluding hydrogens is 358 g/mol. The molecule has 1 aromatic carbocycles. The summed E-state index contributed by atoms with van der Waals surface area (Å²) in [5, 5.41) is 13.7. The van der Waals surface area contributed by atoms with Crippen LogP contribution in [0, 0.1) is 16.7 Å². The van der Waals surface area contributed by atoms with Crippen molar-refractivity contribution in [3.63, 3.8) is 0 Å². The summed E-state index contributed by atoms with van der Waals surface area (Å²) in [6.07, 6.45) is 1.30. The van der Waals surface area contributed by atoms with Crippen molar-refractivity contribution in [2.24, 2.45) is 5.41 Å². The van der Waals surface area contributed by atoms with E-state index in [2.05, 4.69) is 25.2 Å². The summed E-state index contributed by atoms with van der Waals surface area (Å²) in [5.41, 5.74) is 10.3. The van der Waals surface area contributed by atoms with Gasteiger partial charge >= 0.3 is 0 Å². The standard InChI is InChI=1S/C21H21N3O2S/c1-21(2)8-13-17(14(25)9-21)16(11-4-6-12(26-3)7-5-11)18-19(23)15(10-22)27-20(18)24-13/h4-7,16,24H,8-9,23H2,1-3H3/t16-/m1/s1. The first kappa shape index (κ1) is 17.6. The van der Waals surface area contributed by atoms with E-state index in [4.69, 9.17) is 10.5 Å². The molecule has 2 heterocycles. The van der Waals surface area contributed by atoms with Crippen molar-refractivity contribution in [2.75, 3.05) is 18.2 Å². The summed E-state index contributed by atoms with van der Waals surface area (Å²) in [4.78, 5) is 13.6. The van der Waals surface area contributed by atoms with Crippen LogP contribution in [0.5, 0.6) is 5.75 Å². The molecule has 1 aliphatic carbocycles. The van der Waals surface area contributed by atoms with Crippen LogP contribution in [0.25, 0.3) is 0 Å². The van der Waals surface area contributed by atoms with Crippen molar-refractivity contribution < 1.29 is 9.53 Å². The first-order valence-electron chi connectivity index (χ1n) is 8.84. The number of carbonyl (C=O) groups excluding carboxylic acids is 1. The summed E-state index contributed by atoms with van der Waals surface area (Å²) >= 11 is 1.36. The van der Waals surface area contributed by atoms with E-state index in [0.29, 0.717) is 17.0 Å². The Morgan fingerprint density at radius 3 is 2.63 bits per heavy atom. The molecule has 138 valence electrons. The second-order valence-corrected chi connectivity index (χ2v) is 8.88. The Morgan fingerprint density at radius 1 is 1.30 bits per heavy atom. The third-order valence-electron chi connectivity index (χ3n) is 5.30. The minimum absolute atomic E-state index is 0.0915. The average Bonchev–Trinajstić information content (AvgIpc) is 2.94. The smallest absolute Gasteiger partial charge is 0.162 e. The van der Waals surface area contributed by atoms with Crippen LogP contribution in [-0.2, 0) is 4.79 Å². The molecule has 0 fully saturated rings. The molecule has 3 N–H and O–H groups in total. The zero-order valence-corrected chi connectivity index (χ0v) is 16.4. The van der Waals surface area contributed by atoms with Crippen molar-refractivity contribution in [1.29, 1.82) is 5.26 Å². The van der Waals surface area contributed by atoms with Gasteiger partial charge in [0.1, 0.15) is 21.7 Å². The topological polar surface area (TPSA) is 88.1 Å². The predicted molar refractivity (Wildman–Crippen MR) is 107 cm³/mol. The van der Waals surface area contributed by atoms with Gasteiger partial charge in [0.2, 0.25) is 0 Å². The second-order valence-electron chi connectivity index (χ2n) is 7.86. The fourth-order valence-corrected chi connectivity index (χ4v) is 5.09. The van der Waals surface area contributed by atoms with Crippen LogP contribution < -0.4 is 15.8 Å². The summed E-state index contributed by atoms with van der Waals surface area (Å²) in [5.74, 6) is 0.641. The highest BCUT2D eigenvalue weighted by molar-refractivity contribution is 7.17. The molecule has 1 atom stereocenters. The van der Waals surface area contributed by atoms with E-state index in [0.717, 1.165) is 39.6 Å². The molecule has 27 heavy (non-hydrogen) atoms. The number of methoxy groups -OCH3 is 1. The number of hydrogen-bond donors (Lipinski definition) is 2. The molecule has 0 radical (unpaired) electrons. The highest BCUT2D eigenvalue weighted by atomic mass is 32.1. The minimum Gasteiger partial charge on any atom is -0.497 e. The molecule has 0 unspecified atom stereocenters. The van der Waals surface area contributed by atoms with Gasteiger partial charge in [-0.1, -0.05) is 26.0 Å². The summed E-state index contributed by atoms with van der Waals surface area (Å²) in [7, 11) is 1.63. The van der Waals surface area contributed by atoms with Gasteiger partial charge in [-0.25, -0.2) is 0 Å². The predicted octanol–water partition coefficient (Wildman–Crippen LogP) is 4.41. The maximum atomic E-state index is 13.1. The molecular formula is C21H21N3O2S. The minimum atomic E-state index is -0.260. The lowest BCUT2D eigenvalue weighted by Gasteiger charge is -2.38. The number of rotatable bonds is 2. The summed E-state index contributed by atoms with van der Waals surface area (Å²) in [6.45, 7) is 4.22. The van der Waals surface area contributed by atoms with E-state index in [9.17, 15) is 10.1 Å². The number of benzene rings is 1. The van der Waals surface area contributed by atoms with E-state index in [1.807, 2.05) is 24.3 Å². The third-order valence-corrected chi connectivity index (χ3v) is 6.34. The number of nitrogens with one attached hydrogen (secondary N) is 1. The largest absolute Gasteiger partial charge is 0.497 e. The summed E-state index contributed by atoms with van der Waals surface area (Å²) in [6, 6.07) is 9.91. The highest BCUT2D eigenvalue weighted by Crippen LogP contribution is 2.53. The Labute approximate surface area is 162 Å². The number of fused-ring (bicyclic) bond motifs is 1. The van der Waals surface area contributed by atoms with Gasteiger partial charge in [0.15, 0.2) is 5.78 Å². The van der Waals surface area contributed by atoms with Crippen LogP contribution >= 0.6 is 11.3 Å². The quantitative estimate of drug-likeness (QED) is 0.807. The average molecular weight is 379 g/mol. The lowest BCUT2D eigenvalue weighted by atomic mass is 9.69. The van der Waals surface area contributed by atoms with Crippen LogP contribution in [0.1, 0.15) is 48.6 Å². The van der Waals surface area contributed by atoms with Gasteiger partial charge in [-0.3, -0.25) is 4.79 Å². The van der Waals surface area contributed by atoms with Crippen molar-refractivity contribution in [3.05, 3.63) is 51.5 Å². The van der Waals surface area contributed by atoms with Gasteiger partial charge in [-0.05, 0) is 29.5 Å². The van der Waals surface area contributed by atoms with Gasteiger partial charge in [-0.15, -0.1) is 11.3 Å². The molecule has 6 heteroatoms. The number of nitrogen functional groups attached to an aromatic ring is 1. The SMILES string of the molecule is COc1ccc([C@@H]2C3=C(CC(C)(C)CC3=O)Nc3sc(C#N)c(N)c32)cc1. The molecule has 0 saturated carbocycles. The number of Topliss-reactive ketones (excluding diaryl/α,β-unsaturated/α-hetero) is 1. The molecule has 0 saturated heterocycles. The lowest BCUT2D eigenvalue weighted by molar-refractivity contribution is -0.118. The molecule has 2 aliphatic rings. The number of nitrogens with zero attached hydrogens (tertiary/aromatic N) is 1. The number of nitriles is 1. The number of allylic oxidation sites excluding steroid dienone is 2. The van der Waals surface area contributed by atoms with Crippen molar-refractivity contribution in [1.82, 2.24) is 0 Å². The second kappa shape index (κ2) is 6.14. The molecule has 4 rings (SSSR count). The number of ketones is 1. The Bertz CT molecular complexity index is 1010. The van der Waals surface area contributed by atoms with Crippen molar-refractivity contribution in [2.45, 2.75) is 32.6 Å². The number of ether oxygens (including phenoxy) is 1. The normalized spacial score (nSPS) is 20.4. The number of nitrogens with two attached hydrogens (primary N) is 1. The van der Waals surface area contributed by atoms with Gasteiger partial charge < -0.3 is 15.8 Å². The Balaban J connectivity index is 1.94. The zero-order valence-electron chi connectivity index (χ0n) is 15.6. The number of hydrogen-bond acceptors (Lipinski definition) is 6. The molecule has 0 spiro atoms. The molecule has 2 aromatic rings. The van der Waals surface area contributed by atoms with Crippen LogP contribution in [0.3, 0.4) is 0 Å². The first-order valence-corrected chi connectivity index (χ1v) is 9.66. The van der Waals surface area contributed by atoms with Crippen LogP contribution in [0.2, 0.25) is 0 Å². The number of carbonyl (C=O) groups is 1. The lowest BCUT2D eigenvalue weighted by Crippen LogP contribution is -2.33. The maximum absolute atomic E-state index is 13.1.